The summed E-state index contributed by atoms with van der Waals surface area (Å²) in [6.07, 6.45) is 0.516. The zero-order valence-electron chi connectivity index (χ0n) is 19.6. The second-order valence-corrected chi connectivity index (χ2v) is 8.85. The first-order chi connectivity index (χ1) is 16.6. The summed E-state index contributed by atoms with van der Waals surface area (Å²) in [7, 11) is 0. The summed E-state index contributed by atoms with van der Waals surface area (Å²) in [6.45, 7) is 6.58. The fourth-order valence-electron chi connectivity index (χ4n) is 4.93. The molecule has 0 atom stereocenters. The second-order valence-electron chi connectivity index (χ2n) is 8.85. The maximum absolute atomic E-state index is 13.9. The molecule has 34 heavy (non-hydrogen) atoms. The highest BCUT2D eigenvalue weighted by atomic mass is 16.6. The number of carbonyl (C=O) groups excluding carboxylic acids is 2. The minimum atomic E-state index is -0.308. The highest BCUT2D eigenvalue weighted by molar-refractivity contribution is 6.07. The minimum absolute atomic E-state index is 0.0277. The van der Waals surface area contributed by atoms with Crippen molar-refractivity contribution >= 4 is 22.9 Å². The van der Waals surface area contributed by atoms with E-state index < -0.39 is 0 Å². The normalized spacial score (nSPS) is 16.4. The SMILES string of the molecule is CCOC(=O)N1CCN(C(=O)c2c3c(nc4ccccc24)CCN(Cc2ccccc2)C3)CC1. The number of para-hydroxylation sites is 1. The molecule has 0 unspecified atom stereocenters. The molecule has 0 radical (unpaired) electrons. The van der Waals surface area contributed by atoms with Crippen LogP contribution in [0.1, 0.15) is 34.1 Å². The molecule has 7 nitrogen and oxygen atoms in total. The van der Waals surface area contributed by atoms with Crippen LogP contribution in [0.3, 0.4) is 0 Å². The third-order valence-electron chi connectivity index (χ3n) is 6.68. The Morgan fingerprint density at radius 2 is 1.62 bits per heavy atom. The largest absolute Gasteiger partial charge is 0.450 e. The number of ether oxygens (including phenoxy) is 1. The summed E-state index contributed by atoms with van der Waals surface area (Å²) < 4.78 is 5.12. The van der Waals surface area contributed by atoms with E-state index in [1.807, 2.05) is 35.2 Å². The van der Waals surface area contributed by atoms with Crippen molar-refractivity contribution in [1.29, 1.82) is 0 Å². The molecular weight excluding hydrogens is 428 g/mol. The van der Waals surface area contributed by atoms with E-state index in [9.17, 15) is 9.59 Å². The molecule has 3 heterocycles. The molecule has 1 saturated heterocycles. The summed E-state index contributed by atoms with van der Waals surface area (Å²) >= 11 is 0. The van der Waals surface area contributed by atoms with Gasteiger partial charge in [0, 0.05) is 68.9 Å². The fraction of sp³-hybridized carbons (Fsp3) is 0.370. The summed E-state index contributed by atoms with van der Waals surface area (Å²) in [5.74, 6) is 0.0277. The van der Waals surface area contributed by atoms with Gasteiger partial charge in [0.05, 0.1) is 17.7 Å². The lowest BCUT2D eigenvalue weighted by Gasteiger charge is -2.36. The third-order valence-corrected chi connectivity index (χ3v) is 6.68. The lowest BCUT2D eigenvalue weighted by Crippen LogP contribution is -2.51. The molecule has 2 amide bonds. The number of fused-ring (bicyclic) bond motifs is 2. The molecule has 2 aliphatic heterocycles. The number of benzene rings is 2. The van der Waals surface area contributed by atoms with E-state index in [-0.39, 0.29) is 12.0 Å². The average Bonchev–Trinajstić information content (AvgIpc) is 2.88. The Kier molecular flexibility index (Phi) is 6.45. The van der Waals surface area contributed by atoms with E-state index in [2.05, 4.69) is 29.2 Å². The molecule has 0 N–H and O–H groups in total. The van der Waals surface area contributed by atoms with Crippen molar-refractivity contribution in [3.8, 4) is 0 Å². The number of rotatable bonds is 4. The predicted molar refractivity (Wildman–Crippen MR) is 131 cm³/mol. The number of amides is 2. The van der Waals surface area contributed by atoms with Crippen molar-refractivity contribution in [2.75, 3.05) is 39.3 Å². The van der Waals surface area contributed by atoms with Gasteiger partial charge in [0.1, 0.15) is 0 Å². The van der Waals surface area contributed by atoms with Crippen LogP contribution >= 0.6 is 0 Å². The van der Waals surface area contributed by atoms with E-state index in [0.29, 0.717) is 39.3 Å². The number of nitrogens with zero attached hydrogens (tertiary/aromatic N) is 4. The van der Waals surface area contributed by atoms with Crippen molar-refractivity contribution in [2.24, 2.45) is 0 Å². The van der Waals surface area contributed by atoms with Crippen molar-refractivity contribution in [2.45, 2.75) is 26.4 Å². The van der Waals surface area contributed by atoms with Gasteiger partial charge in [-0.3, -0.25) is 14.7 Å². The minimum Gasteiger partial charge on any atom is -0.450 e. The smallest absolute Gasteiger partial charge is 0.409 e. The second kappa shape index (κ2) is 9.81. The number of hydrogen-bond donors (Lipinski definition) is 0. The standard InChI is InChI=1S/C27H30N4O3/c1-2-34-27(33)31-16-14-30(15-17-31)26(32)25-21-10-6-7-11-23(21)28-24-12-13-29(19-22(24)25)18-20-8-4-3-5-9-20/h3-11H,2,12-19H2,1H3. The van der Waals surface area contributed by atoms with Crippen LogP contribution in [0.2, 0.25) is 0 Å². The van der Waals surface area contributed by atoms with Crippen LogP contribution in [0.4, 0.5) is 4.79 Å². The molecule has 0 spiro atoms. The van der Waals surface area contributed by atoms with Gasteiger partial charge in [-0.15, -0.1) is 0 Å². The van der Waals surface area contributed by atoms with E-state index in [0.717, 1.165) is 47.2 Å². The van der Waals surface area contributed by atoms with Gasteiger partial charge in [-0.1, -0.05) is 48.5 Å². The Hall–Kier alpha value is -3.45. The van der Waals surface area contributed by atoms with Crippen LogP contribution in [0.25, 0.3) is 10.9 Å². The predicted octanol–water partition coefficient (Wildman–Crippen LogP) is 3.71. The van der Waals surface area contributed by atoms with Crippen LogP contribution in [0, 0.1) is 0 Å². The Labute approximate surface area is 199 Å². The molecule has 0 saturated carbocycles. The van der Waals surface area contributed by atoms with Crippen molar-refractivity contribution < 1.29 is 14.3 Å². The van der Waals surface area contributed by atoms with Crippen LogP contribution in [-0.2, 0) is 24.2 Å². The van der Waals surface area contributed by atoms with E-state index in [4.69, 9.17) is 9.72 Å². The van der Waals surface area contributed by atoms with E-state index >= 15 is 0 Å². The molecule has 3 aromatic rings. The summed E-state index contributed by atoms with van der Waals surface area (Å²) in [5.41, 5.74) is 4.96. The van der Waals surface area contributed by atoms with Crippen LogP contribution in [-0.4, -0.2) is 71.0 Å². The maximum atomic E-state index is 13.9. The highest BCUT2D eigenvalue weighted by Crippen LogP contribution is 2.30. The average molecular weight is 459 g/mol. The van der Waals surface area contributed by atoms with E-state index in [1.54, 1.807) is 11.8 Å². The molecule has 1 fully saturated rings. The lowest BCUT2D eigenvalue weighted by atomic mass is 9.94. The van der Waals surface area contributed by atoms with Gasteiger partial charge in [-0.05, 0) is 18.6 Å². The summed E-state index contributed by atoms with van der Waals surface area (Å²) in [6, 6.07) is 18.4. The first-order valence-electron chi connectivity index (χ1n) is 12.0. The van der Waals surface area contributed by atoms with Gasteiger partial charge in [-0.2, -0.15) is 0 Å². The fourth-order valence-corrected chi connectivity index (χ4v) is 4.93. The third kappa shape index (κ3) is 4.48. The van der Waals surface area contributed by atoms with Gasteiger partial charge in [0.2, 0.25) is 0 Å². The van der Waals surface area contributed by atoms with Crippen molar-refractivity contribution in [3.05, 3.63) is 77.0 Å². The monoisotopic (exact) mass is 458 g/mol. The van der Waals surface area contributed by atoms with Crippen LogP contribution in [0.5, 0.6) is 0 Å². The number of piperazine rings is 1. The zero-order chi connectivity index (χ0) is 23.5. The maximum Gasteiger partial charge on any atom is 0.409 e. The van der Waals surface area contributed by atoms with Gasteiger partial charge in [0.15, 0.2) is 0 Å². The molecule has 7 heteroatoms. The van der Waals surface area contributed by atoms with Gasteiger partial charge >= 0.3 is 6.09 Å². The Balaban J connectivity index is 1.43. The van der Waals surface area contributed by atoms with Gasteiger partial charge in [-0.25, -0.2) is 4.79 Å². The highest BCUT2D eigenvalue weighted by Gasteiger charge is 2.31. The number of hydrogen-bond acceptors (Lipinski definition) is 5. The number of pyridine rings is 1. The molecule has 2 aliphatic rings. The molecule has 0 aliphatic carbocycles. The Bertz CT molecular complexity index is 1190. The Morgan fingerprint density at radius 3 is 2.38 bits per heavy atom. The molecular formula is C27H30N4O3. The zero-order valence-corrected chi connectivity index (χ0v) is 19.6. The van der Waals surface area contributed by atoms with Crippen molar-refractivity contribution in [3.63, 3.8) is 0 Å². The lowest BCUT2D eigenvalue weighted by molar-refractivity contribution is 0.0569. The first kappa shape index (κ1) is 22.3. The summed E-state index contributed by atoms with van der Waals surface area (Å²) in [5, 5.41) is 0.903. The van der Waals surface area contributed by atoms with Crippen LogP contribution < -0.4 is 0 Å². The number of aromatic nitrogens is 1. The van der Waals surface area contributed by atoms with E-state index in [1.165, 1.54) is 5.56 Å². The van der Waals surface area contributed by atoms with Crippen LogP contribution in [0.15, 0.2) is 54.6 Å². The molecule has 2 aromatic carbocycles. The topological polar surface area (TPSA) is 66.0 Å². The molecule has 1 aromatic heterocycles. The molecule has 0 bridgehead atoms. The Morgan fingerprint density at radius 1 is 0.912 bits per heavy atom. The summed E-state index contributed by atoms with van der Waals surface area (Å²) in [4.78, 5) is 36.9. The molecule has 5 rings (SSSR count). The first-order valence-corrected chi connectivity index (χ1v) is 12.0. The van der Waals surface area contributed by atoms with Gasteiger partial charge in [0.25, 0.3) is 5.91 Å². The quantitative estimate of drug-likeness (QED) is 0.596. The number of carbonyl (C=O) groups is 2. The molecule has 176 valence electrons. The van der Waals surface area contributed by atoms with Gasteiger partial charge < -0.3 is 14.5 Å². The van der Waals surface area contributed by atoms with Crippen molar-refractivity contribution in [1.82, 2.24) is 19.7 Å².